The highest BCUT2D eigenvalue weighted by atomic mass is 16.4. The molecule has 0 aromatic heterocycles. The molecule has 0 aliphatic carbocycles. The maximum absolute atomic E-state index is 10.8. The predicted octanol–water partition coefficient (Wildman–Crippen LogP) is 5.52. The molecule has 0 spiro atoms. The molecule has 0 saturated heterocycles. The number of hydrogen-bond donors (Lipinski definition) is 1. The van der Waals surface area contributed by atoms with Crippen LogP contribution < -0.4 is 0 Å². The summed E-state index contributed by atoms with van der Waals surface area (Å²) < 4.78 is 0. The maximum atomic E-state index is 10.8. The molecule has 20 heavy (non-hydrogen) atoms. The molecule has 0 amide bonds. The Balaban J connectivity index is 3.53. The van der Waals surface area contributed by atoms with E-state index in [1.54, 1.807) is 0 Å². The molecule has 0 rings (SSSR count). The van der Waals surface area contributed by atoms with E-state index in [9.17, 15) is 4.79 Å². The van der Waals surface area contributed by atoms with E-state index in [4.69, 9.17) is 5.11 Å². The molecule has 0 aliphatic rings. The number of allylic oxidation sites excluding steroid dienone is 6. The van der Waals surface area contributed by atoms with Crippen LogP contribution >= 0.6 is 0 Å². The van der Waals surface area contributed by atoms with Gasteiger partial charge in [0.05, 0.1) is 5.92 Å². The Hall–Kier alpha value is -1.31. The zero-order valence-electron chi connectivity index (χ0n) is 13.1. The fourth-order valence-corrected chi connectivity index (χ4v) is 1.93. The predicted molar refractivity (Wildman–Crippen MR) is 86.8 cm³/mol. The van der Waals surface area contributed by atoms with Gasteiger partial charge in [0, 0.05) is 0 Å². The lowest BCUT2D eigenvalue weighted by atomic mass is 9.99. The molecule has 0 bridgehead atoms. The van der Waals surface area contributed by atoms with Crippen LogP contribution in [0.2, 0.25) is 0 Å². The smallest absolute Gasteiger partial charge is 0.306 e. The Kier molecular flexibility index (Phi) is 13.2. The Labute approximate surface area is 124 Å². The molecular formula is C18H30O2. The molecule has 0 aliphatic heterocycles. The average Bonchev–Trinajstić information content (AvgIpc) is 2.43. The van der Waals surface area contributed by atoms with Crippen LogP contribution in [-0.2, 0) is 4.79 Å². The van der Waals surface area contributed by atoms with Gasteiger partial charge in [-0.3, -0.25) is 4.79 Å². The van der Waals surface area contributed by atoms with Gasteiger partial charge in [-0.25, -0.2) is 0 Å². The van der Waals surface area contributed by atoms with E-state index in [1.165, 1.54) is 12.8 Å². The molecule has 0 heterocycles. The summed E-state index contributed by atoms with van der Waals surface area (Å²) in [5.41, 5.74) is 0. The Morgan fingerprint density at radius 1 is 0.950 bits per heavy atom. The third-order valence-corrected chi connectivity index (χ3v) is 3.27. The van der Waals surface area contributed by atoms with Crippen LogP contribution in [0.15, 0.2) is 36.5 Å². The second-order valence-electron chi connectivity index (χ2n) is 5.05. The largest absolute Gasteiger partial charge is 0.481 e. The fraction of sp³-hybridized carbons (Fsp3) is 0.611. The third kappa shape index (κ3) is 11.8. The van der Waals surface area contributed by atoms with E-state index in [0.717, 1.165) is 38.5 Å². The lowest BCUT2D eigenvalue weighted by Crippen LogP contribution is -2.11. The van der Waals surface area contributed by atoms with Gasteiger partial charge in [-0.2, -0.15) is 0 Å². The molecule has 1 N–H and O–H groups in total. The average molecular weight is 278 g/mol. The summed E-state index contributed by atoms with van der Waals surface area (Å²) in [6.45, 7) is 4.12. The quantitative estimate of drug-likeness (QED) is 0.377. The first kappa shape index (κ1) is 18.7. The van der Waals surface area contributed by atoms with Crippen LogP contribution in [-0.4, -0.2) is 11.1 Å². The highest BCUT2D eigenvalue weighted by Crippen LogP contribution is 2.12. The molecule has 0 fully saturated rings. The van der Waals surface area contributed by atoms with Crippen molar-refractivity contribution in [3.8, 4) is 0 Å². The molecule has 1 unspecified atom stereocenters. The van der Waals surface area contributed by atoms with Crippen LogP contribution in [0, 0.1) is 5.92 Å². The molecule has 0 aromatic carbocycles. The summed E-state index contributed by atoms with van der Waals surface area (Å²) in [4.78, 5) is 10.8. The monoisotopic (exact) mass is 278 g/mol. The van der Waals surface area contributed by atoms with Crippen molar-refractivity contribution in [1.29, 1.82) is 0 Å². The number of unbranched alkanes of at least 4 members (excludes halogenated alkanes) is 2. The number of rotatable bonds is 12. The van der Waals surface area contributed by atoms with Gasteiger partial charge in [-0.1, -0.05) is 56.7 Å². The highest BCUT2D eigenvalue weighted by molar-refractivity contribution is 5.69. The first-order valence-electron chi connectivity index (χ1n) is 7.90. The molecule has 0 saturated carbocycles. The van der Waals surface area contributed by atoms with Crippen LogP contribution in [0.25, 0.3) is 0 Å². The van der Waals surface area contributed by atoms with Gasteiger partial charge >= 0.3 is 5.97 Å². The van der Waals surface area contributed by atoms with Crippen LogP contribution in [0.1, 0.15) is 65.2 Å². The molecule has 1 atom stereocenters. The number of carboxylic acid groups (broad SMARTS) is 1. The Morgan fingerprint density at radius 2 is 1.50 bits per heavy atom. The van der Waals surface area contributed by atoms with E-state index < -0.39 is 5.97 Å². The molecule has 2 heteroatoms. The lowest BCUT2D eigenvalue weighted by molar-refractivity contribution is -0.142. The molecular weight excluding hydrogens is 248 g/mol. The molecule has 0 radical (unpaired) electrons. The van der Waals surface area contributed by atoms with Gasteiger partial charge in [0.1, 0.15) is 0 Å². The molecule has 114 valence electrons. The summed E-state index contributed by atoms with van der Waals surface area (Å²) in [5.74, 6) is -0.825. The van der Waals surface area contributed by atoms with E-state index >= 15 is 0 Å². The van der Waals surface area contributed by atoms with Gasteiger partial charge in [0.2, 0.25) is 0 Å². The van der Waals surface area contributed by atoms with Crippen molar-refractivity contribution in [1.82, 2.24) is 0 Å². The van der Waals surface area contributed by atoms with E-state index in [0.29, 0.717) is 0 Å². The number of carbonyl (C=O) groups is 1. The van der Waals surface area contributed by atoms with Gasteiger partial charge in [0.15, 0.2) is 0 Å². The summed E-state index contributed by atoms with van der Waals surface area (Å²) in [6, 6.07) is 0. The number of carboxylic acids is 1. The first-order chi connectivity index (χ1) is 9.72. The zero-order valence-corrected chi connectivity index (χ0v) is 13.1. The van der Waals surface area contributed by atoms with Crippen LogP contribution in [0.3, 0.4) is 0 Å². The standard InChI is InChI=1S/C18H30O2/c1-3-5-6-7-8-9-10-11-12-13-14-15-16-17(4-2)18(19)20/h6-7,9-10,12-13,17H,3-5,8,11,14-16H2,1-2H3,(H,19,20). The lowest BCUT2D eigenvalue weighted by Gasteiger charge is -2.07. The second kappa shape index (κ2) is 14.1. The van der Waals surface area contributed by atoms with Crippen molar-refractivity contribution < 1.29 is 9.90 Å². The molecule has 2 nitrogen and oxygen atoms in total. The maximum Gasteiger partial charge on any atom is 0.306 e. The van der Waals surface area contributed by atoms with Crippen molar-refractivity contribution in [2.75, 3.05) is 0 Å². The van der Waals surface area contributed by atoms with E-state index in [-0.39, 0.29) is 5.92 Å². The Bertz CT molecular complexity index is 313. The van der Waals surface area contributed by atoms with Gasteiger partial charge in [-0.05, 0) is 44.9 Å². The SMILES string of the molecule is CCCC=CCC=CCC=CCCCC(CC)C(=O)O. The second-order valence-corrected chi connectivity index (χ2v) is 5.05. The normalized spacial score (nSPS) is 13.7. The summed E-state index contributed by atoms with van der Waals surface area (Å²) in [5, 5.41) is 8.92. The Morgan fingerprint density at radius 3 is 2.00 bits per heavy atom. The summed E-state index contributed by atoms with van der Waals surface area (Å²) in [7, 11) is 0. The van der Waals surface area contributed by atoms with Crippen LogP contribution in [0.4, 0.5) is 0 Å². The summed E-state index contributed by atoms with van der Waals surface area (Å²) in [6.07, 6.45) is 21.0. The van der Waals surface area contributed by atoms with Gasteiger partial charge in [-0.15, -0.1) is 0 Å². The first-order valence-corrected chi connectivity index (χ1v) is 7.90. The van der Waals surface area contributed by atoms with Crippen molar-refractivity contribution in [3.05, 3.63) is 36.5 Å². The minimum Gasteiger partial charge on any atom is -0.481 e. The van der Waals surface area contributed by atoms with Crippen molar-refractivity contribution in [2.45, 2.75) is 65.2 Å². The van der Waals surface area contributed by atoms with E-state index in [2.05, 4.69) is 43.4 Å². The van der Waals surface area contributed by atoms with Crippen molar-refractivity contribution in [3.63, 3.8) is 0 Å². The number of aliphatic carboxylic acids is 1. The zero-order chi connectivity index (χ0) is 15.1. The minimum atomic E-state index is -0.657. The molecule has 0 aromatic rings. The van der Waals surface area contributed by atoms with Crippen LogP contribution in [0.5, 0.6) is 0 Å². The van der Waals surface area contributed by atoms with Crippen molar-refractivity contribution in [2.24, 2.45) is 5.92 Å². The third-order valence-electron chi connectivity index (χ3n) is 3.27. The fourth-order valence-electron chi connectivity index (χ4n) is 1.93. The minimum absolute atomic E-state index is 0.168. The highest BCUT2D eigenvalue weighted by Gasteiger charge is 2.13. The summed E-state index contributed by atoms with van der Waals surface area (Å²) >= 11 is 0. The van der Waals surface area contributed by atoms with Gasteiger partial charge < -0.3 is 5.11 Å². The van der Waals surface area contributed by atoms with Crippen molar-refractivity contribution >= 4 is 5.97 Å². The van der Waals surface area contributed by atoms with E-state index in [1.807, 2.05) is 6.92 Å². The topological polar surface area (TPSA) is 37.3 Å². The number of hydrogen-bond acceptors (Lipinski definition) is 1. The van der Waals surface area contributed by atoms with Gasteiger partial charge in [0.25, 0.3) is 0 Å².